The maximum Gasteiger partial charge on any atom is 0.306 e. The average Bonchev–Trinajstić information content (AvgIpc) is 2.31. The number of rotatable bonds is 5. The van der Waals surface area contributed by atoms with Crippen LogP contribution in [0, 0.1) is 17.8 Å². The molecule has 3 atom stereocenters. The van der Waals surface area contributed by atoms with Gasteiger partial charge in [0.15, 0.2) is 6.10 Å². The van der Waals surface area contributed by atoms with E-state index in [1.54, 1.807) is 0 Å². The summed E-state index contributed by atoms with van der Waals surface area (Å²) in [6.45, 7) is 7.04. The third-order valence-corrected chi connectivity index (χ3v) is 3.46. The predicted molar refractivity (Wildman–Crippen MR) is 73.8 cm³/mol. The van der Waals surface area contributed by atoms with Crippen LogP contribution in [0.1, 0.15) is 34.1 Å². The van der Waals surface area contributed by atoms with Crippen molar-refractivity contribution in [3.05, 3.63) is 11.6 Å². The fourth-order valence-electron chi connectivity index (χ4n) is 2.47. The first kappa shape index (κ1) is 16.9. The molecule has 0 fully saturated rings. The van der Waals surface area contributed by atoms with Gasteiger partial charge in [0.2, 0.25) is 5.78 Å². The van der Waals surface area contributed by atoms with Crippen molar-refractivity contribution in [1.29, 1.82) is 0 Å². The van der Waals surface area contributed by atoms with Crippen molar-refractivity contribution in [2.45, 2.75) is 46.3 Å². The molecule has 0 saturated heterocycles. The summed E-state index contributed by atoms with van der Waals surface area (Å²) in [5.41, 5.74) is 0.108. The lowest BCUT2D eigenvalue weighted by Crippen LogP contribution is -2.47. The maximum absolute atomic E-state index is 12.2. The van der Waals surface area contributed by atoms with E-state index in [1.165, 1.54) is 6.08 Å². The predicted octanol–water partition coefficient (Wildman–Crippen LogP) is 1.08. The van der Waals surface area contributed by atoms with Gasteiger partial charge in [-0.15, -0.1) is 0 Å². The Morgan fingerprint density at radius 1 is 1.35 bits per heavy atom. The highest BCUT2D eigenvalue weighted by Gasteiger charge is 2.42. The summed E-state index contributed by atoms with van der Waals surface area (Å²) in [6, 6.07) is 0. The molecule has 20 heavy (non-hydrogen) atoms. The first-order valence-corrected chi connectivity index (χ1v) is 7.01. The summed E-state index contributed by atoms with van der Waals surface area (Å²) in [5.74, 6) is -1.23. The minimum absolute atomic E-state index is 0.0257. The highest BCUT2D eigenvalue weighted by molar-refractivity contribution is 6.01. The highest BCUT2D eigenvalue weighted by Crippen LogP contribution is 2.30. The van der Waals surface area contributed by atoms with Crippen molar-refractivity contribution < 1.29 is 24.5 Å². The Bertz CT molecular complexity index is 397. The Labute approximate surface area is 119 Å². The number of carbonyl (C=O) groups is 2. The molecule has 1 aliphatic carbocycles. The second-order valence-corrected chi connectivity index (χ2v) is 6.03. The first-order chi connectivity index (χ1) is 9.27. The minimum atomic E-state index is -1.01. The number of hydrogen-bond acceptors (Lipinski definition) is 5. The quantitative estimate of drug-likeness (QED) is 0.738. The highest BCUT2D eigenvalue weighted by atomic mass is 16.5. The van der Waals surface area contributed by atoms with Crippen LogP contribution in [0.2, 0.25) is 0 Å². The molecule has 5 nitrogen and oxygen atoms in total. The van der Waals surface area contributed by atoms with Gasteiger partial charge in [-0.25, -0.2) is 0 Å². The van der Waals surface area contributed by atoms with Gasteiger partial charge in [0, 0.05) is 17.9 Å². The van der Waals surface area contributed by atoms with E-state index in [1.807, 2.05) is 27.7 Å². The average molecular weight is 284 g/mol. The Morgan fingerprint density at radius 2 is 1.95 bits per heavy atom. The standard InChI is InChI=1S/C15H24O5/c1-8(2)5-12(18)20-15-13(9(3)4)11(17)6-10(7-16)14(15)19/h6,8-9,11,13,15-17H,5,7H2,1-4H3/t11-,13+,15-/m1/s1. The van der Waals surface area contributed by atoms with Gasteiger partial charge in [0.05, 0.1) is 12.7 Å². The van der Waals surface area contributed by atoms with E-state index in [4.69, 9.17) is 9.84 Å². The zero-order valence-corrected chi connectivity index (χ0v) is 12.5. The molecule has 2 N–H and O–H groups in total. The van der Waals surface area contributed by atoms with Crippen LogP contribution in [0.25, 0.3) is 0 Å². The van der Waals surface area contributed by atoms with E-state index in [0.29, 0.717) is 0 Å². The Morgan fingerprint density at radius 3 is 2.40 bits per heavy atom. The largest absolute Gasteiger partial charge is 0.454 e. The van der Waals surface area contributed by atoms with Gasteiger partial charge in [-0.3, -0.25) is 9.59 Å². The van der Waals surface area contributed by atoms with Crippen molar-refractivity contribution in [2.75, 3.05) is 6.61 Å². The molecule has 114 valence electrons. The summed E-state index contributed by atoms with van der Waals surface area (Å²) < 4.78 is 5.29. The summed E-state index contributed by atoms with van der Waals surface area (Å²) in [6.07, 6.45) is -0.321. The Hall–Kier alpha value is -1.20. The first-order valence-electron chi connectivity index (χ1n) is 7.01. The van der Waals surface area contributed by atoms with E-state index >= 15 is 0 Å². The molecule has 0 bridgehead atoms. The zero-order chi connectivity index (χ0) is 15.4. The van der Waals surface area contributed by atoms with Crippen LogP contribution >= 0.6 is 0 Å². The maximum atomic E-state index is 12.2. The topological polar surface area (TPSA) is 83.8 Å². The second kappa shape index (κ2) is 6.99. The number of esters is 1. The van der Waals surface area contributed by atoms with Crippen LogP contribution in [0.4, 0.5) is 0 Å². The van der Waals surface area contributed by atoms with Crippen LogP contribution in [0.5, 0.6) is 0 Å². The third kappa shape index (κ3) is 3.90. The molecule has 0 heterocycles. The molecule has 0 unspecified atom stereocenters. The van der Waals surface area contributed by atoms with Gasteiger partial charge in [-0.1, -0.05) is 27.7 Å². The van der Waals surface area contributed by atoms with Crippen molar-refractivity contribution in [3.63, 3.8) is 0 Å². The van der Waals surface area contributed by atoms with E-state index in [-0.39, 0.29) is 23.8 Å². The van der Waals surface area contributed by atoms with Crippen molar-refractivity contribution in [1.82, 2.24) is 0 Å². The molecule has 0 amide bonds. The van der Waals surface area contributed by atoms with Crippen LogP contribution in [-0.4, -0.2) is 40.8 Å². The van der Waals surface area contributed by atoms with Gasteiger partial charge in [0.25, 0.3) is 0 Å². The molecule has 0 radical (unpaired) electrons. The van der Waals surface area contributed by atoms with Crippen LogP contribution in [0.15, 0.2) is 11.6 Å². The molecular formula is C15H24O5. The van der Waals surface area contributed by atoms with Gasteiger partial charge in [-0.2, -0.15) is 0 Å². The molecule has 1 rings (SSSR count). The molecule has 5 heteroatoms. The van der Waals surface area contributed by atoms with Crippen LogP contribution in [-0.2, 0) is 14.3 Å². The molecule has 0 saturated carbocycles. The lowest BCUT2D eigenvalue weighted by atomic mass is 9.77. The van der Waals surface area contributed by atoms with Gasteiger partial charge < -0.3 is 14.9 Å². The SMILES string of the molecule is CC(C)CC(=O)O[C@H]1C(=O)C(CO)=C[C@@H](O)[C@@H]1C(C)C. The van der Waals surface area contributed by atoms with E-state index in [9.17, 15) is 14.7 Å². The van der Waals surface area contributed by atoms with Gasteiger partial charge in [-0.05, 0) is 17.9 Å². The normalized spacial score (nSPS) is 26.9. The minimum Gasteiger partial charge on any atom is -0.454 e. The number of carbonyl (C=O) groups excluding carboxylic acids is 2. The lowest BCUT2D eigenvalue weighted by Gasteiger charge is -2.35. The summed E-state index contributed by atoms with van der Waals surface area (Å²) >= 11 is 0. The smallest absolute Gasteiger partial charge is 0.306 e. The van der Waals surface area contributed by atoms with Crippen molar-refractivity contribution in [3.8, 4) is 0 Å². The fourth-order valence-corrected chi connectivity index (χ4v) is 2.47. The van der Waals surface area contributed by atoms with Crippen LogP contribution < -0.4 is 0 Å². The molecule has 0 aliphatic heterocycles. The molecule has 0 spiro atoms. The number of hydrogen-bond donors (Lipinski definition) is 2. The summed E-state index contributed by atoms with van der Waals surface area (Å²) in [5, 5.41) is 19.3. The van der Waals surface area contributed by atoms with Gasteiger partial charge >= 0.3 is 5.97 Å². The third-order valence-electron chi connectivity index (χ3n) is 3.46. The number of ether oxygens (including phenoxy) is 1. The lowest BCUT2D eigenvalue weighted by molar-refractivity contribution is -0.162. The number of aliphatic hydroxyl groups is 2. The van der Waals surface area contributed by atoms with Gasteiger partial charge in [0.1, 0.15) is 0 Å². The molecule has 0 aromatic heterocycles. The van der Waals surface area contributed by atoms with E-state index < -0.39 is 36.5 Å². The molecule has 0 aromatic rings. The van der Waals surface area contributed by atoms with Crippen molar-refractivity contribution in [2.24, 2.45) is 17.8 Å². The fraction of sp³-hybridized carbons (Fsp3) is 0.733. The number of ketones is 1. The van der Waals surface area contributed by atoms with Crippen molar-refractivity contribution >= 4 is 11.8 Å². The number of Topliss-reactive ketones (excluding diaryl/α,β-unsaturated/α-hetero) is 1. The summed E-state index contributed by atoms with van der Waals surface area (Å²) in [7, 11) is 0. The molecule has 1 aliphatic rings. The second-order valence-electron chi connectivity index (χ2n) is 6.03. The monoisotopic (exact) mass is 284 g/mol. The Balaban J connectivity index is 2.96. The molecular weight excluding hydrogens is 260 g/mol. The summed E-state index contributed by atoms with van der Waals surface area (Å²) in [4.78, 5) is 24.0. The van der Waals surface area contributed by atoms with Crippen LogP contribution in [0.3, 0.4) is 0 Å². The Kier molecular flexibility index (Phi) is 5.89. The van der Waals surface area contributed by atoms with E-state index in [2.05, 4.69) is 0 Å². The van der Waals surface area contributed by atoms with E-state index in [0.717, 1.165) is 0 Å². The molecule has 0 aromatic carbocycles. The number of aliphatic hydroxyl groups excluding tert-OH is 2. The zero-order valence-electron chi connectivity index (χ0n) is 12.5.